The molecule has 0 saturated carbocycles. The number of halogens is 1. The van der Waals surface area contributed by atoms with Crippen molar-refractivity contribution < 1.29 is 24.1 Å². The number of phenols is 1. The Bertz CT molecular complexity index is 707. The summed E-state index contributed by atoms with van der Waals surface area (Å²) in [5.74, 6) is 0.531. The molecule has 0 radical (unpaired) electrons. The Hall–Kier alpha value is -2.60. The topological polar surface area (TPSA) is 77.0 Å². The molecule has 2 aromatic carbocycles. The van der Waals surface area contributed by atoms with Crippen LogP contribution in [0.4, 0.5) is 5.69 Å². The minimum Gasteiger partial charge on any atom is -0.507 e. The van der Waals surface area contributed by atoms with Gasteiger partial charge in [0.15, 0.2) is 11.5 Å². The highest BCUT2D eigenvalue weighted by atomic mass is 35.5. The van der Waals surface area contributed by atoms with Crippen LogP contribution in [0.5, 0.6) is 23.0 Å². The number of anilines is 1. The Morgan fingerprint density at radius 2 is 1.65 bits per heavy atom. The molecule has 2 rings (SSSR count). The first-order valence-corrected chi connectivity index (χ1v) is 6.97. The standard InChI is InChI=1S/C16H16ClNO5/c1-21-13-7-10(8-14(22-2)15(13)23-3)18-16(20)11-5-4-9(17)6-12(11)19/h4-8,19H,1-3H3,(H,18,20). The summed E-state index contributed by atoms with van der Waals surface area (Å²) in [5, 5.41) is 12.8. The molecule has 0 aliphatic rings. The van der Waals surface area contributed by atoms with E-state index in [0.717, 1.165) is 0 Å². The van der Waals surface area contributed by atoms with E-state index >= 15 is 0 Å². The molecular formula is C16H16ClNO5. The molecule has 1 amide bonds. The Kier molecular flexibility index (Phi) is 5.18. The van der Waals surface area contributed by atoms with Crippen molar-refractivity contribution in [1.29, 1.82) is 0 Å². The molecule has 2 N–H and O–H groups in total. The summed E-state index contributed by atoms with van der Waals surface area (Å²) < 4.78 is 15.7. The molecular weight excluding hydrogens is 322 g/mol. The van der Waals surface area contributed by atoms with E-state index in [1.165, 1.54) is 39.5 Å². The van der Waals surface area contributed by atoms with E-state index in [2.05, 4.69) is 5.32 Å². The number of rotatable bonds is 5. The van der Waals surface area contributed by atoms with E-state index in [-0.39, 0.29) is 11.3 Å². The van der Waals surface area contributed by atoms with Crippen molar-refractivity contribution in [2.75, 3.05) is 26.6 Å². The minimum absolute atomic E-state index is 0.100. The summed E-state index contributed by atoms with van der Waals surface area (Å²) in [5.41, 5.74) is 0.530. The molecule has 2 aromatic rings. The van der Waals surface area contributed by atoms with Gasteiger partial charge in [0.25, 0.3) is 5.91 Å². The van der Waals surface area contributed by atoms with Crippen molar-refractivity contribution in [2.24, 2.45) is 0 Å². The summed E-state index contributed by atoms with van der Waals surface area (Å²) in [6.45, 7) is 0. The maximum atomic E-state index is 12.3. The lowest BCUT2D eigenvalue weighted by molar-refractivity contribution is 0.102. The summed E-state index contributed by atoms with van der Waals surface area (Å²) >= 11 is 5.76. The third-order valence-electron chi connectivity index (χ3n) is 3.13. The molecule has 6 nitrogen and oxygen atoms in total. The zero-order valence-corrected chi connectivity index (χ0v) is 13.6. The summed E-state index contributed by atoms with van der Waals surface area (Å²) in [6.07, 6.45) is 0. The highest BCUT2D eigenvalue weighted by molar-refractivity contribution is 6.31. The van der Waals surface area contributed by atoms with Gasteiger partial charge in [0.05, 0.1) is 26.9 Å². The molecule has 122 valence electrons. The van der Waals surface area contributed by atoms with Gasteiger partial charge in [0.2, 0.25) is 5.75 Å². The third kappa shape index (κ3) is 3.60. The average molecular weight is 338 g/mol. The number of carbonyl (C=O) groups is 1. The van der Waals surface area contributed by atoms with Gasteiger partial charge in [0.1, 0.15) is 5.75 Å². The Labute approximate surface area is 138 Å². The molecule has 0 heterocycles. The highest BCUT2D eigenvalue weighted by Gasteiger charge is 2.16. The van der Waals surface area contributed by atoms with Gasteiger partial charge in [-0.3, -0.25) is 4.79 Å². The van der Waals surface area contributed by atoms with E-state index in [1.54, 1.807) is 12.1 Å². The van der Waals surface area contributed by atoms with Crippen molar-refractivity contribution in [3.8, 4) is 23.0 Å². The van der Waals surface area contributed by atoms with Crippen LogP contribution in [0.2, 0.25) is 5.02 Å². The quantitative estimate of drug-likeness (QED) is 0.875. The number of aromatic hydroxyl groups is 1. The molecule has 0 aliphatic heterocycles. The first kappa shape index (κ1) is 16.8. The molecule has 0 fully saturated rings. The largest absolute Gasteiger partial charge is 0.507 e. The fraction of sp³-hybridized carbons (Fsp3) is 0.188. The predicted molar refractivity (Wildman–Crippen MR) is 87.2 cm³/mol. The summed E-state index contributed by atoms with van der Waals surface area (Å²) in [7, 11) is 4.45. The molecule has 0 aromatic heterocycles. The van der Waals surface area contributed by atoms with Crippen LogP contribution in [0.25, 0.3) is 0 Å². The van der Waals surface area contributed by atoms with Crippen molar-refractivity contribution in [3.63, 3.8) is 0 Å². The van der Waals surface area contributed by atoms with Gasteiger partial charge in [-0.1, -0.05) is 11.6 Å². The van der Waals surface area contributed by atoms with Crippen LogP contribution in [-0.4, -0.2) is 32.3 Å². The Morgan fingerprint density at radius 1 is 1.04 bits per heavy atom. The van der Waals surface area contributed by atoms with E-state index < -0.39 is 5.91 Å². The van der Waals surface area contributed by atoms with Crippen molar-refractivity contribution in [1.82, 2.24) is 0 Å². The van der Waals surface area contributed by atoms with Crippen LogP contribution < -0.4 is 19.5 Å². The van der Waals surface area contributed by atoms with Crippen LogP contribution in [0.1, 0.15) is 10.4 Å². The molecule has 7 heteroatoms. The second-order valence-electron chi connectivity index (χ2n) is 4.53. The van der Waals surface area contributed by atoms with E-state index in [1.807, 2.05) is 0 Å². The third-order valence-corrected chi connectivity index (χ3v) is 3.36. The number of phenolic OH excluding ortho intramolecular Hbond substituents is 1. The lowest BCUT2D eigenvalue weighted by Crippen LogP contribution is -2.12. The number of hydrogen-bond donors (Lipinski definition) is 2. The molecule has 0 atom stereocenters. The van der Waals surface area contributed by atoms with Crippen LogP contribution in [0, 0.1) is 0 Å². The lowest BCUT2D eigenvalue weighted by atomic mass is 10.1. The fourth-order valence-corrected chi connectivity index (χ4v) is 2.21. The van der Waals surface area contributed by atoms with Crippen LogP contribution in [0.3, 0.4) is 0 Å². The first-order chi connectivity index (χ1) is 11.0. The van der Waals surface area contributed by atoms with Gasteiger partial charge in [-0.25, -0.2) is 0 Å². The molecule has 23 heavy (non-hydrogen) atoms. The van der Waals surface area contributed by atoms with Gasteiger partial charge >= 0.3 is 0 Å². The second kappa shape index (κ2) is 7.11. The maximum Gasteiger partial charge on any atom is 0.259 e. The van der Waals surface area contributed by atoms with Crippen LogP contribution in [0.15, 0.2) is 30.3 Å². The monoisotopic (exact) mass is 337 g/mol. The van der Waals surface area contributed by atoms with Crippen molar-refractivity contribution in [2.45, 2.75) is 0 Å². The maximum absolute atomic E-state index is 12.3. The number of ether oxygens (including phenoxy) is 3. The van der Waals surface area contributed by atoms with Crippen molar-refractivity contribution in [3.05, 3.63) is 40.9 Å². The van der Waals surface area contributed by atoms with E-state index in [4.69, 9.17) is 25.8 Å². The first-order valence-electron chi connectivity index (χ1n) is 6.60. The summed E-state index contributed by atoms with van der Waals surface area (Å²) in [4.78, 5) is 12.3. The molecule has 0 saturated heterocycles. The van der Waals surface area contributed by atoms with Gasteiger partial charge in [0, 0.05) is 22.8 Å². The lowest BCUT2D eigenvalue weighted by Gasteiger charge is -2.14. The fourth-order valence-electron chi connectivity index (χ4n) is 2.05. The van der Waals surface area contributed by atoms with Crippen LogP contribution in [-0.2, 0) is 0 Å². The smallest absolute Gasteiger partial charge is 0.259 e. The average Bonchev–Trinajstić information content (AvgIpc) is 2.53. The zero-order valence-electron chi connectivity index (χ0n) is 12.8. The van der Waals surface area contributed by atoms with Crippen LogP contribution >= 0.6 is 11.6 Å². The zero-order chi connectivity index (χ0) is 17.0. The summed E-state index contributed by atoms with van der Waals surface area (Å²) in [6, 6.07) is 7.43. The predicted octanol–water partition coefficient (Wildman–Crippen LogP) is 3.32. The number of amides is 1. The second-order valence-corrected chi connectivity index (χ2v) is 4.97. The van der Waals surface area contributed by atoms with Gasteiger partial charge in [-0.05, 0) is 18.2 Å². The Balaban J connectivity index is 2.34. The van der Waals surface area contributed by atoms with E-state index in [9.17, 15) is 9.90 Å². The minimum atomic E-state index is -0.492. The van der Waals surface area contributed by atoms with E-state index in [0.29, 0.717) is 28.0 Å². The number of hydrogen-bond acceptors (Lipinski definition) is 5. The Morgan fingerprint density at radius 3 is 2.13 bits per heavy atom. The normalized spacial score (nSPS) is 10.1. The number of nitrogens with one attached hydrogen (secondary N) is 1. The molecule has 0 bridgehead atoms. The van der Waals surface area contributed by atoms with Gasteiger partial charge in [-0.15, -0.1) is 0 Å². The number of benzene rings is 2. The number of methoxy groups -OCH3 is 3. The SMILES string of the molecule is COc1cc(NC(=O)c2ccc(Cl)cc2O)cc(OC)c1OC. The number of carbonyl (C=O) groups excluding carboxylic acids is 1. The highest BCUT2D eigenvalue weighted by Crippen LogP contribution is 2.40. The molecule has 0 spiro atoms. The molecule has 0 unspecified atom stereocenters. The van der Waals surface area contributed by atoms with Crippen molar-refractivity contribution >= 4 is 23.2 Å². The van der Waals surface area contributed by atoms with Gasteiger partial charge < -0.3 is 24.6 Å². The molecule has 0 aliphatic carbocycles. The van der Waals surface area contributed by atoms with Gasteiger partial charge in [-0.2, -0.15) is 0 Å².